The summed E-state index contributed by atoms with van der Waals surface area (Å²) in [4.78, 5) is 0. The molecule has 0 aliphatic rings. The summed E-state index contributed by atoms with van der Waals surface area (Å²) in [5.74, 6) is 0.590. The van der Waals surface area contributed by atoms with Gasteiger partial charge >= 0.3 is 0 Å². The molecule has 0 bridgehead atoms. The molecule has 0 saturated heterocycles. The maximum Gasteiger partial charge on any atom is 0.124 e. The second kappa shape index (κ2) is 4.83. The molecule has 2 N–H and O–H groups in total. The Bertz CT molecular complexity index is 365. The van der Waals surface area contributed by atoms with E-state index in [2.05, 4.69) is 0 Å². The zero-order chi connectivity index (χ0) is 12.3. The molecule has 1 unspecified atom stereocenters. The first kappa shape index (κ1) is 13.0. The van der Waals surface area contributed by atoms with Gasteiger partial charge in [0.25, 0.3) is 0 Å². The molecule has 0 radical (unpaired) electrons. The molecule has 0 spiro atoms. The summed E-state index contributed by atoms with van der Waals surface area (Å²) in [6, 6.07) is 4.49. The van der Waals surface area contributed by atoms with Crippen molar-refractivity contribution >= 4 is 0 Å². The maximum atomic E-state index is 13.3. The van der Waals surface area contributed by atoms with Crippen LogP contribution in [0, 0.1) is 11.7 Å². The van der Waals surface area contributed by atoms with Crippen LogP contribution in [0.1, 0.15) is 32.8 Å². The summed E-state index contributed by atoms with van der Waals surface area (Å²) in [6.45, 7) is 6.08. The van der Waals surface area contributed by atoms with Gasteiger partial charge in [-0.2, -0.15) is 0 Å². The summed E-state index contributed by atoms with van der Waals surface area (Å²) in [5, 5.41) is 0. The molecule has 0 aliphatic heterocycles. The minimum atomic E-state index is -0.548. The largest absolute Gasteiger partial charge is 0.496 e. The third kappa shape index (κ3) is 2.19. The number of benzene rings is 1. The van der Waals surface area contributed by atoms with E-state index in [1.54, 1.807) is 13.2 Å². The lowest BCUT2D eigenvalue weighted by Gasteiger charge is -2.34. The first-order valence-electron chi connectivity index (χ1n) is 5.58. The number of methoxy groups -OCH3 is 1. The van der Waals surface area contributed by atoms with Crippen molar-refractivity contribution in [3.63, 3.8) is 0 Å². The zero-order valence-corrected chi connectivity index (χ0v) is 10.4. The van der Waals surface area contributed by atoms with Crippen molar-refractivity contribution in [1.82, 2.24) is 0 Å². The summed E-state index contributed by atoms with van der Waals surface area (Å²) < 4.78 is 18.6. The van der Waals surface area contributed by atoms with Crippen molar-refractivity contribution in [2.45, 2.75) is 32.7 Å². The minimum absolute atomic E-state index is 0.216. The van der Waals surface area contributed by atoms with Crippen LogP contribution in [0.5, 0.6) is 5.75 Å². The van der Waals surface area contributed by atoms with Crippen LogP contribution in [0.2, 0.25) is 0 Å². The van der Waals surface area contributed by atoms with Crippen LogP contribution in [-0.2, 0) is 5.54 Å². The molecule has 1 aromatic rings. The van der Waals surface area contributed by atoms with Gasteiger partial charge in [-0.25, -0.2) is 4.39 Å². The van der Waals surface area contributed by atoms with Crippen molar-refractivity contribution < 1.29 is 9.13 Å². The Labute approximate surface area is 96.6 Å². The molecule has 1 aromatic carbocycles. The smallest absolute Gasteiger partial charge is 0.124 e. The Morgan fingerprint density at radius 3 is 2.50 bits per heavy atom. The molecule has 0 heterocycles. The van der Waals surface area contributed by atoms with Gasteiger partial charge in [-0.1, -0.05) is 20.8 Å². The van der Waals surface area contributed by atoms with E-state index in [1.807, 2.05) is 20.8 Å². The fraction of sp³-hybridized carbons (Fsp3) is 0.538. The summed E-state index contributed by atoms with van der Waals surface area (Å²) >= 11 is 0. The van der Waals surface area contributed by atoms with Crippen molar-refractivity contribution in [3.05, 3.63) is 29.6 Å². The Balaban J connectivity index is 3.33. The van der Waals surface area contributed by atoms with Gasteiger partial charge in [0, 0.05) is 11.1 Å². The topological polar surface area (TPSA) is 35.2 Å². The molecule has 3 heteroatoms. The number of nitrogens with two attached hydrogens (primary N) is 1. The van der Waals surface area contributed by atoms with Crippen LogP contribution < -0.4 is 10.5 Å². The number of hydrogen-bond donors (Lipinski definition) is 1. The predicted molar refractivity (Wildman–Crippen MR) is 63.9 cm³/mol. The van der Waals surface area contributed by atoms with E-state index >= 15 is 0 Å². The second-order valence-corrected chi connectivity index (χ2v) is 4.39. The van der Waals surface area contributed by atoms with Crippen molar-refractivity contribution in [3.8, 4) is 5.75 Å². The molecule has 0 aliphatic carbocycles. The molecule has 1 rings (SSSR count). The quantitative estimate of drug-likeness (QED) is 0.854. The Kier molecular flexibility index (Phi) is 3.92. The van der Waals surface area contributed by atoms with Crippen LogP contribution in [0.25, 0.3) is 0 Å². The van der Waals surface area contributed by atoms with Crippen LogP contribution in [-0.4, -0.2) is 7.11 Å². The number of halogens is 1. The third-order valence-electron chi connectivity index (χ3n) is 3.28. The number of ether oxygens (including phenoxy) is 1. The van der Waals surface area contributed by atoms with Crippen molar-refractivity contribution in [2.24, 2.45) is 11.7 Å². The average molecular weight is 225 g/mol. The Morgan fingerprint density at radius 2 is 2.06 bits per heavy atom. The van der Waals surface area contributed by atoms with Crippen molar-refractivity contribution in [1.29, 1.82) is 0 Å². The van der Waals surface area contributed by atoms with Crippen LogP contribution in [0.4, 0.5) is 4.39 Å². The third-order valence-corrected chi connectivity index (χ3v) is 3.28. The molecule has 1 atom stereocenters. The van der Waals surface area contributed by atoms with Crippen molar-refractivity contribution in [2.75, 3.05) is 7.11 Å². The van der Waals surface area contributed by atoms with E-state index in [0.717, 1.165) is 12.0 Å². The highest BCUT2D eigenvalue weighted by atomic mass is 19.1. The summed E-state index contributed by atoms with van der Waals surface area (Å²) in [6.07, 6.45) is 0.741. The highest BCUT2D eigenvalue weighted by Crippen LogP contribution is 2.36. The fourth-order valence-electron chi connectivity index (χ4n) is 1.95. The number of rotatable bonds is 4. The highest BCUT2D eigenvalue weighted by Gasteiger charge is 2.32. The first-order valence-corrected chi connectivity index (χ1v) is 5.58. The normalized spacial score (nSPS) is 14.9. The Morgan fingerprint density at radius 1 is 1.44 bits per heavy atom. The molecule has 2 nitrogen and oxygen atoms in total. The van der Waals surface area contributed by atoms with Gasteiger partial charge in [0.05, 0.1) is 7.11 Å². The van der Waals surface area contributed by atoms with Gasteiger partial charge < -0.3 is 10.5 Å². The molecule has 0 fully saturated rings. The monoisotopic (exact) mass is 225 g/mol. The standard InChI is InChI=1S/C13H20FNO/c1-5-13(15,9(2)3)11-8-10(14)6-7-12(11)16-4/h6-9H,5,15H2,1-4H3. The molecule has 0 saturated carbocycles. The van der Waals surface area contributed by atoms with Gasteiger partial charge in [-0.05, 0) is 30.5 Å². The lowest BCUT2D eigenvalue weighted by atomic mass is 9.78. The van der Waals surface area contributed by atoms with E-state index in [-0.39, 0.29) is 11.7 Å². The molecular weight excluding hydrogens is 205 g/mol. The van der Waals surface area contributed by atoms with Gasteiger partial charge in [0.15, 0.2) is 0 Å². The van der Waals surface area contributed by atoms with Gasteiger partial charge in [0.1, 0.15) is 11.6 Å². The van der Waals surface area contributed by atoms with E-state index in [0.29, 0.717) is 5.75 Å². The SMILES string of the molecule is CCC(N)(c1cc(F)ccc1OC)C(C)C. The van der Waals surface area contributed by atoms with Crippen LogP contribution >= 0.6 is 0 Å². The lowest BCUT2D eigenvalue weighted by molar-refractivity contribution is 0.289. The fourth-order valence-corrected chi connectivity index (χ4v) is 1.95. The first-order chi connectivity index (χ1) is 7.45. The van der Waals surface area contributed by atoms with E-state index in [9.17, 15) is 4.39 Å². The molecule has 0 amide bonds. The summed E-state index contributed by atoms with van der Waals surface area (Å²) in [7, 11) is 1.58. The van der Waals surface area contributed by atoms with Gasteiger partial charge in [-0.15, -0.1) is 0 Å². The van der Waals surface area contributed by atoms with E-state index in [4.69, 9.17) is 10.5 Å². The lowest BCUT2D eigenvalue weighted by Crippen LogP contribution is -2.41. The molecule has 16 heavy (non-hydrogen) atoms. The molecule has 90 valence electrons. The zero-order valence-electron chi connectivity index (χ0n) is 10.4. The Hall–Kier alpha value is -1.09. The minimum Gasteiger partial charge on any atom is -0.496 e. The number of hydrogen-bond acceptors (Lipinski definition) is 2. The molecule has 0 aromatic heterocycles. The van der Waals surface area contributed by atoms with E-state index < -0.39 is 5.54 Å². The van der Waals surface area contributed by atoms with Crippen LogP contribution in [0.3, 0.4) is 0 Å². The predicted octanol–water partition coefficient (Wildman–Crippen LogP) is 3.05. The van der Waals surface area contributed by atoms with E-state index in [1.165, 1.54) is 12.1 Å². The maximum absolute atomic E-state index is 13.3. The summed E-state index contributed by atoms with van der Waals surface area (Å²) in [5.41, 5.74) is 6.55. The second-order valence-electron chi connectivity index (χ2n) is 4.39. The van der Waals surface area contributed by atoms with Crippen LogP contribution in [0.15, 0.2) is 18.2 Å². The molecular formula is C13H20FNO. The average Bonchev–Trinajstić information content (AvgIpc) is 2.27. The van der Waals surface area contributed by atoms with Gasteiger partial charge in [0.2, 0.25) is 0 Å². The van der Waals surface area contributed by atoms with Gasteiger partial charge in [-0.3, -0.25) is 0 Å². The highest BCUT2D eigenvalue weighted by molar-refractivity contribution is 5.39.